The number of phenolic OH excluding ortho intramolecular Hbond substituents is 1. The Kier molecular flexibility index (Phi) is 11.1. The molecule has 0 amide bonds. The van der Waals surface area contributed by atoms with Gasteiger partial charge in [-0.3, -0.25) is 0 Å². The lowest BCUT2D eigenvalue weighted by molar-refractivity contribution is 0.420. The first-order valence-corrected chi connectivity index (χ1v) is 19.9. The van der Waals surface area contributed by atoms with E-state index in [4.69, 9.17) is 0 Å². The molecule has 4 aromatic rings. The van der Waals surface area contributed by atoms with Crippen molar-refractivity contribution in [1.29, 1.82) is 0 Å². The third kappa shape index (κ3) is 9.01. The highest BCUT2D eigenvalue weighted by Crippen LogP contribution is 2.43. The van der Waals surface area contributed by atoms with Gasteiger partial charge in [0.1, 0.15) is 5.75 Å². The molecule has 2 saturated carbocycles. The number of benzene rings is 4. The van der Waals surface area contributed by atoms with Gasteiger partial charge in [0.2, 0.25) is 0 Å². The molecule has 2 aliphatic rings. The van der Waals surface area contributed by atoms with Crippen LogP contribution in [0.5, 0.6) is 5.75 Å². The molecule has 0 saturated heterocycles. The standard InChI is InChI=1S/C25H34O.C25H34/c1-24(2,3)21-15-20(16-22(23(21)26)25(4,5)6)19-13-11-18(12-14-19)17-9-7-8-10-17;1-17-22(24(2,3)4)15-21(16-23(17)25(5,6)7)20-13-11-19(12-14-20)18-9-8-10-18/h11-17,26H,7-10H2,1-6H3;11-16,18H,8-10H2,1-7H3. The van der Waals surface area contributed by atoms with Crippen LogP contribution in [0.2, 0.25) is 0 Å². The van der Waals surface area contributed by atoms with Crippen molar-refractivity contribution in [3.63, 3.8) is 0 Å². The molecular weight excluding hydrogens is 617 g/mol. The van der Waals surface area contributed by atoms with Crippen LogP contribution >= 0.6 is 0 Å². The zero-order valence-corrected chi connectivity index (χ0v) is 34.5. The van der Waals surface area contributed by atoms with E-state index in [0.717, 1.165) is 23.0 Å². The Balaban J connectivity index is 0.000000198. The quantitative estimate of drug-likeness (QED) is 0.227. The van der Waals surface area contributed by atoms with E-state index in [9.17, 15) is 5.11 Å². The van der Waals surface area contributed by atoms with Crippen molar-refractivity contribution in [3.8, 4) is 28.0 Å². The minimum absolute atomic E-state index is 0.0934. The van der Waals surface area contributed by atoms with Gasteiger partial charge in [-0.15, -0.1) is 0 Å². The molecule has 0 bridgehead atoms. The number of aromatic hydroxyl groups is 1. The molecule has 6 rings (SSSR count). The molecule has 0 atom stereocenters. The van der Waals surface area contributed by atoms with Crippen LogP contribution in [0.4, 0.5) is 0 Å². The molecule has 0 radical (unpaired) electrons. The van der Waals surface area contributed by atoms with E-state index >= 15 is 0 Å². The highest BCUT2D eigenvalue weighted by molar-refractivity contribution is 5.70. The second-order valence-electron chi connectivity index (χ2n) is 20.0. The summed E-state index contributed by atoms with van der Waals surface area (Å²) >= 11 is 0. The van der Waals surface area contributed by atoms with Gasteiger partial charge in [-0.05, 0) is 128 Å². The van der Waals surface area contributed by atoms with Crippen LogP contribution in [0.25, 0.3) is 22.3 Å². The molecule has 0 aromatic heterocycles. The topological polar surface area (TPSA) is 20.2 Å². The van der Waals surface area contributed by atoms with Crippen molar-refractivity contribution in [2.24, 2.45) is 0 Å². The van der Waals surface area contributed by atoms with Crippen LogP contribution < -0.4 is 0 Å². The minimum Gasteiger partial charge on any atom is -0.507 e. The Morgan fingerprint density at radius 1 is 0.412 bits per heavy atom. The summed E-state index contributed by atoms with van der Waals surface area (Å²) in [6.45, 7) is 29.3. The summed E-state index contributed by atoms with van der Waals surface area (Å²) < 4.78 is 0. The number of hydrogen-bond acceptors (Lipinski definition) is 1. The molecule has 1 heteroatoms. The summed E-state index contributed by atoms with van der Waals surface area (Å²) in [4.78, 5) is 0. The molecule has 1 N–H and O–H groups in total. The maximum absolute atomic E-state index is 10.9. The van der Waals surface area contributed by atoms with E-state index in [2.05, 4.69) is 163 Å². The molecule has 0 spiro atoms. The average molecular weight is 685 g/mol. The van der Waals surface area contributed by atoms with Crippen molar-refractivity contribution in [1.82, 2.24) is 0 Å². The lowest BCUT2D eigenvalue weighted by atomic mass is 9.75. The number of rotatable bonds is 4. The molecule has 51 heavy (non-hydrogen) atoms. The number of hydrogen-bond donors (Lipinski definition) is 1. The smallest absolute Gasteiger partial charge is 0.123 e. The van der Waals surface area contributed by atoms with Gasteiger partial charge in [0.05, 0.1) is 0 Å². The van der Waals surface area contributed by atoms with Gasteiger partial charge in [0.15, 0.2) is 0 Å². The van der Waals surface area contributed by atoms with Crippen molar-refractivity contribution < 1.29 is 5.11 Å². The fourth-order valence-electron chi connectivity index (χ4n) is 8.28. The Morgan fingerprint density at radius 2 is 0.706 bits per heavy atom. The maximum Gasteiger partial charge on any atom is 0.123 e. The maximum atomic E-state index is 10.9. The van der Waals surface area contributed by atoms with Gasteiger partial charge in [-0.25, -0.2) is 0 Å². The monoisotopic (exact) mass is 685 g/mol. The Bertz CT molecular complexity index is 1710. The van der Waals surface area contributed by atoms with E-state index in [-0.39, 0.29) is 21.7 Å². The van der Waals surface area contributed by atoms with E-state index in [1.54, 1.807) is 0 Å². The minimum atomic E-state index is -0.0934. The summed E-state index contributed by atoms with van der Waals surface area (Å²) in [6.07, 6.45) is 9.54. The first kappa shape index (κ1) is 38.9. The zero-order chi connectivity index (χ0) is 37.5. The molecule has 0 aliphatic heterocycles. The molecule has 274 valence electrons. The SMILES string of the molecule is CC(C)(C)c1cc(-c2ccc(C3CCCC3)cc2)cc(C(C)(C)C)c1O.Cc1c(C(C)(C)C)cc(-c2ccc(C3CCC3)cc2)cc1C(C)(C)C. The predicted octanol–water partition coefficient (Wildman–Crippen LogP) is 14.8. The summed E-state index contributed by atoms with van der Waals surface area (Å²) in [5, 5.41) is 10.9. The average Bonchev–Trinajstić information content (AvgIpc) is 3.54. The van der Waals surface area contributed by atoms with Crippen LogP contribution in [-0.4, -0.2) is 5.11 Å². The fourth-order valence-corrected chi connectivity index (χ4v) is 8.28. The highest BCUT2D eigenvalue weighted by atomic mass is 16.3. The summed E-state index contributed by atoms with van der Waals surface area (Å²) in [6, 6.07) is 27.7. The first-order valence-electron chi connectivity index (χ1n) is 19.9. The summed E-state index contributed by atoms with van der Waals surface area (Å²) in [5.74, 6) is 2.01. The van der Waals surface area contributed by atoms with Crippen molar-refractivity contribution in [3.05, 3.63) is 112 Å². The van der Waals surface area contributed by atoms with Crippen LogP contribution in [0.1, 0.15) is 179 Å². The fraction of sp³-hybridized carbons (Fsp3) is 0.520. The third-order valence-electron chi connectivity index (χ3n) is 11.6. The van der Waals surface area contributed by atoms with Gasteiger partial charge >= 0.3 is 0 Å². The van der Waals surface area contributed by atoms with Gasteiger partial charge in [-0.1, -0.05) is 163 Å². The molecule has 2 fully saturated rings. The van der Waals surface area contributed by atoms with E-state index in [1.165, 1.54) is 95.0 Å². The van der Waals surface area contributed by atoms with E-state index in [0.29, 0.717) is 5.75 Å². The van der Waals surface area contributed by atoms with Crippen LogP contribution in [0, 0.1) is 6.92 Å². The Labute approximate surface area is 312 Å². The van der Waals surface area contributed by atoms with Gasteiger partial charge < -0.3 is 5.11 Å². The van der Waals surface area contributed by atoms with Crippen LogP contribution in [-0.2, 0) is 21.7 Å². The molecule has 4 aromatic carbocycles. The third-order valence-corrected chi connectivity index (χ3v) is 11.6. The molecule has 1 nitrogen and oxygen atoms in total. The predicted molar refractivity (Wildman–Crippen MR) is 223 cm³/mol. The summed E-state index contributed by atoms with van der Waals surface area (Å²) in [5.41, 5.74) is 14.7. The second-order valence-corrected chi connectivity index (χ2v) is 20.0. The largest absolute Gasteiger partial charge is 0.507 e. The van der Waals surface area contributed by atoms with E-state index < -0.39 is 0 Å². The highest BCUT2D eigenvalue weighted by Gasteiger charge is 2.28. The second kappa shape index (κ2) is 14.6. The van der Waals surface area contributed by atoms with Crippen LogP contribution in [0.3, 0.4) is 0 Å². The van der Waals surface area contributed by atoms with Gasteiger partial charge in [0, 0.05) is 11.1 Å². The normalized spacial score (nSPS) is 16.1. The Hall–Kier alpha value is -3.32. The molecule has 0 unspecified atom stereocenters. The Morgan fingerprint density at radius 3 is 0.980 bits per heavy atom. The van der Waals surface area contributed by atoms with Crippen molar-refractivity contribution in [2.45, 2.75) is 168 Å². The lowest BCUT2D eigenvalue weighted by Crippen LogP contribution is -2.19. The number of phenols is 1. The first-order chi connectivity index (χ1) is 23.6. The van der Waals surface area contributed by atoms with E-state index in [1.807, 2.05) is 0 Å². The molecule has 0 heterocycles. The van der Waals surface area contributed by atoms with Crippen molar-refractivity contribution >= 4 is 0 Å². The zero-order valence-electron chi connectivity index (χ0n) is 34.5. The molecular formula is C50H68O. The van der Waals surface area contributed by atoms with Gasteiger partial charge in [-0.2, -0.15) is 0 Å². The van der Waals surface area contributed by atoms with Crippen molar-refractivity contribution in [2.75, 3.05) is 0 Å². The lowest BCUT2D eigenvalue weighted by Gasteiger charge is -2.30. The van der Waals surface area contributed by atoms with Crippen LogP contribution in [0.15, 0.2) is 72.8 Å². The summed E-state index contributed by atoms with van der Waals surface area (Å²) in [7, 11) is 0. The molecule has 2 aliphatic carbocycles. The van der Waals surface area contributed by atoms with Gasteiger partial charge in [0.25, 0.3) is 0 Å².